The largest absolute Gasteiger partial charge is 0.478 e. The van der Waals surface area contributed by atoms with E-state index in [1.165, 1.54) is 23.4 Å². The number of hydrogen-bond acceptors (Lipinski definition) is 3. The Morgan fingerprint density at radius 1 is 1.07 bits per heavy atom. The molecule has 1 saturated heterocycles. The van der Waals surface area contributed by atoms with Gasteiger partial charge in [-0.15, -0.1) is 0 Å². The first-order chi connectivity index (χ1) is 14.1. The molecular weight excluding hydrogens is 387 g/mol. The Hall–Kier alpha value is -2.43. The van der Waals surface area contributed by atoms with Gasteiger partial charge >= 0.3 is 0 Å². The molecule has 5 heteroatoms. The van der Waals surface area contributed by atoms with Gasteiger partial charge in [-0.3, -0.25) is 0 Å². The van der Waals surface area contributed by atoms with Crippen LogP contribution in [-0.2, 0) is 6.42 Å². The highest BCUT2D eigenvalue weighted by molar-refractivity contribution is 6.30. The number of pyridine rings is 1. The van der Waals surface area contributed by atoms with E-state index in [1.54, 1.807) is 6.07 Å². The first-order valence-corrected chi connectivity index (χ1v) is 10.3. The molecule has 0 spiro atoms. The molecule has 0 aliphatic carbocycles. The van der Waals surface area contributed by atoms with Gasteiger partial charge in [0.2, 0.25) is 5.88 Å². The minimum absolute atomic E-state index is 0.00914. The second kappa shape index (κ2) is 8.93. The Labute approximate surface area is 175 Å². The minimum atomic E-state index is -0.360. The summed E-state index contributed by atoms with van der Waals surface area (Å²) in [5.41, 5.74) is 2.61. The average Bonchev–Trinajstić information content (AvgIpc) is 3.14. The van der Waals surface area contributed by atoms with Crippen LogP contribution in [0, 0.1) is 11.2 Å². The molecule has 4 rings (SSSR count). The van der Waals surface area contributed by atoms with Crippen molar-refractivity contribution in [3.05, 3.63) is 94.9 Å². The lowest BCUT2D eigenvalue weighted by Gasteiger charge is -2.35. The highest BCUT2D eigenvalue weighted by atomic mass is 35.5. The number of benzene rings is 2. The van der Waals surface area contributed by atoms with E-state index >= 15 is 0 Å². The van der Waals surface area contributed by atoms with Gasteiger partial charge in [-0.2, -0.15) is 0 Å². The van der Waals surface area contributed by atoms with Crippen molar-refractivity contribution in [1.29, 1.82) is 0 Å². The van der Waals surface area contributed by atoms with Gasteiger partial charge in [0.15, 0.2) is 0 Å². The topological polar surface area (TPSA) is 34.1 Å². The number of nitrogens with zero attached hydrogens (tertiary/aromatic N) is 1. The number of ether oxygens (including phenoxy) is 1. The van der Waals surface area contributed by atoms with Gasteiger partial charge in [0.1, 0.15) is 5.82 Å². The van der Waals surface area contributed by atoms with Gasteiger partial charge in [-0.25, -0.2) is 9.37 Å². The third-order valence-electron chi connectivity index (χ3n) is 5.79. The molecule has 2 atom stereocenters. The van der Waals surface area contributed by atoms with Gasteiger partial charge < -0.3 is 10.1 Å². The molecule has 2 aromatic carbocycles. The van der Waals surface area contributed by atoms with Gasteiger partial charge in [-0.05, 0) is 47.6 Å². The summed E-state index contributed by atoms with van der Waals surface area (Å²) in [6.45, 7) is 2.36. The second-order valence-corrected chi connectivity index (χ2v) is 8.11. The zero-order valence-corrected chi connectivity index (χ0v) is 16.9. The Morgan fingerprint density at radius 3 is 2.59 bits per heavy atom. The summed E-state index contributed by atoms with van der Waals surface area (Å²) in [6, 6.07) is 21.7. The fourth-order valence-corrected chi connectivity index (χ4v) is 4.44. The molecule has 0 saturated carbocycles. The van der Waals surface area contributed by atoms with Crippen LogP contribution in [0.25, 0.3) is 0 Å². The van der Waals surface area contributed by atoms with E-state index in [-0.39, 0.29) is 11.2 Å². The molecule has 3 aromatic rings. The normalized spacial score (nSPS) is 21.2. The van der Waals surface area contributed by atoms with E-state index in [2.05, 4.69) is 46.7 Å². The zero-order valence-electron chi connectivity index (χ0n) is 16.2. The fraction of sp³-hybridized carbons (Fsp3) is 0.292. The standard InChI is InChI=1S/C24H24ClFN2O/c25-20-8-6-19(7-9-20)22-16-27-17-24(22,14-18-4-2-1-3-5-18)12-13-29-23-11-10-21(26)15-28-23/h1-11,15,22,27H,12-14,16-17H2/t22-,24+/m0/s1. The maximum atomic E-state index is 13.1. The highest BCUT2D eigenvalue weighted by Crippen LogP contribution is 2.45. The summed E-state index contributed by atoms with van der Waals surface area (Å²) >= 11 is 6.11. The number of halogens is 2. The quantitative estimate of drug-likeness (QED) is 0.577. The van der Waals surface area contributed by atoms with Crippen molar-refractivity contribution in [2.24, 2.45) is 5.41 Å². The molecule has 29 heavy (non-hydrogen) atoms. The SMILES string of the molecule is Fc1ccc(OCC[C@@]2(Cc3ccccc3)CNC[C@H]2c2ccc(Cl)cc2)nc1. The maximum absolute atomic E-state index is 13.1. The van der Waals surface area contributed by atoms with Crippen LogP contribution in [0.5, 0.6) is 5.88 Å². The van der Waals surface area contributed by atoms with E-state index in [0.717, 1.165) is 31.0 Å². The number of rotatable bonds is 7. The smallest absolute Gasteiger partial charge is 0.213 e. The van der Waals surface area contributed by atoms with Crippen molar-refractivity contribution in [3.63, 3.8) is 0 Å². The molecule has 0 amide bonds. The summed E-state index contributed by atoms with van der Waals surface area (Å²) in [5, 5.41) is 4.35. The molecule has 0 unspecified atom stereocenters. The number of nitrogens with one attached hydrogen (secondary N) is 1. The summed E-state index contributed by atoms with van der Waals surface area (Å²) in [7, 11) is 0. The molecule has 1 aliphatic rings. The predicted molar refractivity (Wildman–Crippen MR) is 114 cm³/mol. The van der Waals surface area contributed by atoms with E-state index in [1.807, 2.05) is 18.2 Å². The fourth-order valence-electron chi connectivity index (χ4n) is 4.32. The second-order valence-electron chi connectivity index (χ2n) is 7.67. The molecule has 1 N–H and O–H groups in total. The Bertz CT molecular complexity index is 918. The van der Waals surface area contributed by atoms with Crippen molar-refractivity contribution >= 4 is 11.6 Å². The van der Waals surface area contributed by atoms with Crippen molar-refractivity contribution in [1.82, 2.24) is 10.3 Å². The molecule has 1 fully saturated rings. The van der Waals surface area contributed by atoms with E-state index in [0.29, 0.717) is 18.4 Å². The summed E-state index contributed by atoms with van der Waals surface area (Å²) in [6.07, 6.45) is 3.00. The van der Waals surface area contributed by atoms with Crippen LogP contribution >= 0.6 is 11.6 Å². The van der Waals surface area contributed by atoms with Crippen LogP contribution in [0.2, 0.25) is 5.02 Å². The molecule has 3 nitrogen and oxygen atoms in total. The summed E-state index contributed by atoms with van der Waals surface area (Å²) in [5.74, 6) is 0.445. The van der Waals surface area contributed by atoms with Crippen molar-refractivity contribution in [2.45, 2.75) is 18.8 Å². The highest BCUT2D eigenvalue weighted by Gasteiger charge is 2.43. The molecule has 0 bridgehead atoms. The molecule has 0 radical (unpaired) electrons. The van der Waals surface area contributed by atoms with Crippen LogP contribution in [0.1, 0.15) is 23.5 Å². The van der Waals surface area contributed by atoms with Crippen LogP contribution in [0.15, 0.2) is 72.9 Å². The Balaban J connectivity index is 1.56. The molecule has 1 aromatic heterocycles. The molecule has 1 aliphatic heterocycles. The predicted octanol–water partition coefficient (Wildman–Crippen LogP) is 5.26. The first-order valence-electron chi connectivity index (χ1n) is 9.89. The minimum Gasteiger partial charge on any atom is -0.478 e. The lowest BCUT2D eigenvalue weighted by atomic mass is 9.69. The first kappa shape index (κ1) is 19.9. The van der Waals surface area contributed by atoms with Gasteiger partial charge in [0, 0.05) is 30.1 Å². The number of hydrogen-bond donors (Lipinski definition) is 1. The van der Waals surface area contributed by atoms with Crippen molar-refractivity contribution in [3.8, 4) is 5.88 Å². The average molecular weight is 411 g/mol. The Kier molecular flexibility index (Phi) is 6.12. The van der Waals surface area contributed by atoms with E-state index < -0.39 is 0 Å². The lowest BCUT2D eigenvalue weighted by molar-refractivity contribution is 0.187. The molecule has 150 valence electrons. The van der Waals surface area contributed by atoms with E-state index in [9.17, 15) is 4.39 Å². The third kappa shape index (κ3) is 4.77. The van der Waals surface area contributed by atoms with Crippen LogP contribution in [0.4, 0.5) is 4.39 Å². The van der Waals surface area contributed by atoms with Crippen LogP contribution in [-0.4, -0.2) is 24.7 Å². The van der Waals surface area contributed by atoms with Crippen molar-refractivity contribution in [2.75, 3.05) is 19.7 Å². The van der Waals surface area contributed by atoms with Crippen molar-refractivity contribution < 1.29 is 9.13 Å². The van der Waals surface area contributed by atoms with Crippen LogP contribution in [0.3, 0.4) is 0 Å². The lowest BCUT2D eigenvalue weighted by Crippen LogP contribution is -2.33. The van der Waals surface area contributed by atoms with Gasteiger partial charge in [-0.1, -0.05) is 54.1 Å². The maximum Gasteiger partial charge on any atom is 0.213 e. The van der Waals surface area contributed by atoms with Crippen LogP contribution < -0.4 is 10.1 Å². The third-order valence-corrected chi connectivity index (χ3v) is 6.04. The summed E-state index contributed by atoms with van der Waals surface area (Å²) in [4.78, 5) is 4.01. The summed E-state index contributed by atoms with van der Waals surface area (Å²) < 4.78 is 19.0. The van der Waals surface area contributed by atoms with Gasteiger partial charge in [0.05, 0.1) is 12.8 Å². The molecular formula is C24H24ClFN2O. The monoisotopic (exact) mass is 410 g/mol. The van der Waals surface area contributed by atoms with E-state index in [4.69, 9.17) is 16.3 Å². The number of aromatic nitrogens is 1. The van der Waals surface area contributed by atoms with Gasteiger partial charge in [0.25, 0.3) is 0 Å². The Morgan fingerprint density at radius 2 is 1.86 bits per heavy atom. The zero-order chi connectivity index (χ0) is 20.1. The molecule has 2 heterocycles.